The summed E-state index contributed by atoms with van der Waals surface area (Å²) in [4.78, 5) is 17.0. The number of carbonyl (C=O) groups is 1. The van der Waals surface area contributed by atoms with Gasteiger partial charge < -0.3 is 14.4 Å². The lowest BCUT2D eigenvalue weighted by Crippen LogP contribution is -2.44. The smallest absolute Gasteiger partial charge is 0.248 e. The van der Waals surface area contributed by atoms with Crippen LogP contribution in [0.3, 0.4) is 0 Å². The van der Waals surface area contributed by atoms with Gasteiger partial charge in [0.05, 0.1) is 18.6 Å². The van der Waals surface area contributed by atoms with E-state index in [0.29, 0.717) is 29.3 Å². The van der Waals surface area contributed by atoms with Crippen molar-refractivity contribution < 1.29 is 22.7 Å². The molecule has 1 aliphatic carbocycles. The van der Waals surface area contributed by atoms with E-state index in [1.54, 1.807) is 38.0 Å². The lowest BCUT2D eigenvalue weighted by molar-refractivity contribution is -0.135. The van der Waals surface area contributed by atoms with Gasteiger partial charge in [-0.1, -0.05) is 30.3 Å². The second-order valence-corrected chi connectivity index (χ2v) is 13.3. The van der Waals surface area contributed by atoms with Gasteiger partial charge in [-0.2, -0.15) is 4.31 Å². The number of nitrogens with zero attached hydrogens (tertiary/aromatic N) is 3. The second-order valence-electron chi connectivity index (χ2n) is 11.3. The van der Waals surface area contributed by atoms with Gasteiger partial charge in [0, 0.05) is 32.7 Å². The predicted octanol–water partition coefficient (Wildman–Crippen LogP) is 4.44. The first-order chi connectivity index (χ1) is 18.9. The van der Waals surface area contributed by atoms with Gasteiger partial charge in [-0.3, -0.25) is 9.69 Å². The number of sulfonamides is 1. The third-order valence-corrected chi connectivity index (χ3v) is 10.7. The molecule has 0 bridgehead atoms. The quantitative estimate of drug-likeness (QED) is 0.330. The lowest BCUT2D eigenvalue weighted by atomic mass is 9.71. The van der Waals surface area contributed by atoms with Crippen LogP contribution in [0, 0.1) is 19.8 Å². The van der Waals surface area contributed by atoms with Crippen molar-refractivity contribution in [2.75, 3.05) is 61.6 Å². The van der Waals surface area contributed by atoms with Gasteiger partial charge in [0.25, 0.3) is 0 Å². The van der Waals surface area contributed by atoms with E-state index in [9.17, 15) is 13.2 Å². The molecule has 0 radical (unpaired) electrons. The number of methoxy groups -OCH3 is 1. The highest BCUT2D eigenvalue weighted by molar-refractivity contribution is 7.89. The van der Waals surface area contributed by atoms with Crippen LogP contribution < -0.4 is 4.74 Å². The van der Waals surface area contributed by atoms with E-state index in [2.05, 4.69) is 49.3 Å². The normalized spacial score (nSPS) is 19.7. The molecule has 0 spiro atoms. The SMILES string of the molecule is COc1cc(C)c(S(=O)(=O)N(C)CCOCC(=O)N(C)CCC2CCC(c3ccccc3)(N(C)C)CC2)c(C)c1. The topological polar surface area (TPSA) is 79.4 Å². The molecule has 2 aromatic rings. The third-order valence-electron chi connectivity index (χ3n) is 8.51. The highest BCUT2D eigenvalue weighted by Crippen LogP contribution is 2.43. The predicted molar refractivity (Wildman–Crippen MR) is 159 cm³/mol. The first-order valence-corrected chi connectivity index (χ1v) is 15.5. The summed E-state index contributed by atoms with van der Waals surface area (Å²) in [5.74, 6) is 1.13. The number of rotatable bonds is 13. The van der Waals surface area contributed by atoms with E-state index in [1.165, 1.54) is 16.9 Å². The van der Waals surface area contributed by atoms with Crippen molar-refractivity contribution in [3.8, 4) is 5.75 Å². The Morgan fingerprint density at radius 3 is 2.12 bits per heavy atom. The molecule has 9 heteroatoms. The molecular weight excluding hydrogens is 526 g/mol. The summed E-state index contributed by atoms with van der Waals surface area (Å²) in [7, 11) is 5.56. The molecule has 3 rings (SSSR count). The van der Waals surface area contributed by atoms with E-state index in [1.807, 2.05) is 7.05 Å². The molecule has 0 N–H and O–H groups in total. The van der Waals surface area contributed by atoms with Crippen LogP contribution in [-0.4, -0.2) is 90.0 Å². The number of hydrogen-bond acceptors (Lipinski definition) is 6. The molecule has 2 aromatic carbocycles. The van der Waals surface area contributed by atoms with Gasteiger partial charge in [-0.15, -0.1) is 0 Å². The highest BCUT2D eigenvalue weighted by Gasteiger charge is 2.38. The van der Waals surface area contributed by atoms with Crippen molar-refractivity contribution in [3.05, 3.63) is 59.2 Å². The molecule has 0 heterocycles. The van der Waals surface area contributed by atoms with Crippen molar-refractivity contribution in [1.82, 2.24) is 14.1 Å². The van der Waals surface area contributed by atoms with Gasteiger partial charge in [-0.25, -0.2) is 8.42 Å². The van der Waals surface area contributed by atoms with Gasteiger partial charge in [0.15, 0.2) is 0 Å². The third kappa shape index (κ3) is 7.43. The maximum absolute atomic E-state index is 13.2. The Labute approximate surface area is 241 Å². The monoisotopic (exact) mass is 573 g/mol. The van der Waals surface area contributed by atoms with Gasteiger partial charge in [-0.05, 0) is 94.8 Å². The minimum absolute atomic E-state index is 0.0621. The fourth-order valence-electron chi connectivity index (χ4n) is 5.86. The molecule has 1 saturated carbocycles. The maximum atomic E-state index is 13.2. The number of carbonyl (C=O) groups excluding carboxylic acids is 1. The lowest BCUT2D eigenvalue weighted by Gasteiger charge is -2.46. The van der Waals surface area contributed by atoms with Crippen LogP contribution in [0.2, 0.25) is 0 Å². The summed E-state index contributed by atoms with van der Waals surface area (Å²) in [6.45, 7) is 4.44. The molecular formula is C31H47N3O5S. The van der Waals surface area contributed by atoms with Crippen LogP contribution in [0.15, 0.2) is 47.4 Å². The fraction of sp³-hybridized carbons (Fsp3) is 0.581. The Morgan fingerprint density at radius 1 is 0.975 bits per heavy atom. The van der Waals surface area contributed by atoms with Crippen molar-refractivity contribution >= 4 is 15.9 Å². The van der Waals surface area contributed by atoms with Crippen LogP contribution in [0.25, 0.3) is 0 Å². The molecule has 0 aromatic heterocycles. The summed E-state index contributed by atoms with van der Waals surface area (Å²) in [5, 5.41) is 0. The molecule has 222 valence electrons. The van der Waals surface area contributed by atoms with Gasteiger partial charge in [0.2, 0.25) is 15.9 Å². The molecule has 0 unspecified atom stereocenters. The molecule has 40 heavy (non-hydrogen) atoms. The molecule has 0 saturated heterocycles. The molecule has 1 fully saturated rings. The summed E-state index contributed by atoms with van der Waals surface area (Å²) in [6, 6.07) is 14.2. The number of amides is 1. The first-order valence-electron chi connectivity index (χ1n) is 14.1. The van der Waals surface area contributed by atoms with Crippen molar-refractivity contribution in [3.63, 3.8) is 0 Å². The number of likely N-dealkylation sites (N-methyl/N-ethyl adjacent to an activating group) is 2. The molecule has 0 atom stereocenters. The number of aryl methyl sites for hydroxylation is 2. The zero-order chi connectivity index (χ0) is 29.5. The van der Waals surface area contributed by atoms with Crippen molar-refractivity contribution in [2.24, 2.45) is 5.92 Å². The Bertz CT molecular complexity index is 1200. The number of hydrogen-bond donors (Lipinski definition) is 0. The standard InChI is InChI=1S/C31H47N3O5S/c1-24-21-28(38-7)22-25(2)30(24)40(36,37)34(6)19-20-39-23-29(35)33(5)18-15-26-13-16-31(17-14-26,32(3)4)27-11-9-8-10-12-27/h8-12,21-22,26H,13-20,23H2,1-7H3. The Hall–Kier alpha value is -2.46. The van der Waals surface area contributed by atoms with E-state index in [-0.39, 0.29) is 36.1 Å². The van der Waals surface area contributed by atoms with E-state index < -0.39 is 10.0 Å². The van der Waals surface area contributed by atoms with Gasteiger partial charge >= 0.3 is 0 Å². The fourth-order valence-corrected chi connectivity index (χ4v) is 7.42. The number of ether oxygens (including phenoxy) is 2. The molecule has 1 aliphatic rings. The van der Waals surface area contributed by atoms with Crippen molar-refractivity contribution in [2.45, 2.75) is 56.4 Å². The average Bonchev–Trinajstić information content (AvgIpc) is 2.93. The summed E-state index contributed by atoms with van der Waals surface area (Å²) in [6.07, 6.45) is 5.48. The van der Waals surface area contributed by atoms with Gasteiger partial charge in [0.1, 0.15) is 12.4 Å². The summed E-state index contributed by atoms with van der Waals surface area (Å²) < 4.78 is 38.4. The van der Waals surface area contributed by atoms with E-state index >= 15 is 0 Å². The second kappa shape index (κ2) is 13.9. The maximum Gasteiger partial charge on any atom is 0.248 e. The first kappa shape index (κ1) is 32.1. The van der Waals surface area contributed by atoms with Crippen LogP contribution >= 0.6 is 0 Å². The largest absolute Gasteiger partial charge is 0.497 e. The summed E-state index contributed by atoms with van der Waals surface area (Å²) >= 11 is 0. The zero-order valence-corrected chi connectivity index (χ0v) is 26.1. The van der Waals surface area contributed by atoms with Crippen LogP contribution in [0.4, 0.5) is 0 Å². The van der Waals surface area contributed by atoms with E-state index in [4.69, 9.17) is 9.47 Å². The van der Waals surface area contributed by atoms with Crippen LogP contribution in [0.5, 0.6) is 5.75 Å². The van der Waals surface area contributed by atoms with Crippen LogP contribution in [0.1, 0.15) is 48.8 Å². The Morgan fingerprint density at radius 2 is 1.57 bits per heavy atom. The van der Waals surface area contributed by atoms with Crippen LogP contribution in [-0.2, 0) is 25.1 Å². The summed E-state index contributed by atoms with van der Waals surface area (Å²) in [5.41, 5.74) is 2.73. The zero-order valence-electron chi connectivity index (χ0n) is 25.3. The van der Waals surface area contributed by atoms with Crippen molar-refractivity contribution in [1.29, 1.82) is 0 Å². The Balaban J connectivity index is 1.42. The number of benzene rings is 2. The van der Waals surface area contributed by atoms with E-state index in [0.717, 1.165) is 32.1 Å². The highest BCUT2D eigenvalue weighted by atomic mass is 32.2. The molecule has 8 nitrogen and oxygen atoms in total. The minimum atomic E-state index is -3.70. The molecule has 0 aliphatic heterocycles. The molecule has 1 amide bonds. The average molecular weight is 574 g/mol. The minimum Gasteiger partial charge on any atom is -0.497 e. The Kier molecular flexibility index (Phi) is 11.2.